The molecule has 0 amide bonds. The highest BCUT2D eigenvalue weighted by Crippen LogP contribution is 2.28. The minimum atomic E-state index is -3.85. The number of hydrogen-bond acceptors (Lipinski definition) is 7. The maximum atomic E-state index is 13.0. The van der Waals surface area contributed by atoms with Crippen molar-refractivity contribution in [3.8, 4) is 0 Å². The number of aromatic nitrogens is 4. The highest BCUT2D eigenvalue weighted by molar-refractivity contribution is 7.92. The number of piperazine rings is 1. The van der Waals surface area contributed by atoms with Gasteiger partial charge in [-0.2, -0.15) is 5.10 Å². The first kappa shape index (κ1) is 23.0. The molecule has 1 aliphatic rings. The van der Waals surface area contributed by atoms with E-state index >= 15 is 0 Å². The van der Waals surface area contributed by atoms with Crippen LogP contribution in [0, 0.1) is 0 Å². The second-order valence-electron chi connectivity index (χ2n) is 8.44. The van der Waals surface area contributed by atoms with Gasteiger partial charge >= 0.3 is 0 Å². The Labute approximate surface area is 204 Å². The van der Waals surface area contributed by atoms with E-state index in [0.717, 1.165) is 25.2 Å². The number of aryl methyl sites for hydroxylation is 1. The van der Waals surface area contributed by atoms with Crippen LogP contribution in [0.4, 0.5) is 11.6 Å². The lowest BCUT2D eigenvalue weighted by atomic mass is 10.2. The molecule has 1 saturated heterocycles. The van der Waals surface area contributed by atoms with E-state index in [2.05, 4.69) is 48.9 Å². The molecule has 35 heavy (non-hydrogen) atoms. The summed E-state index contributed by atoms with van der Waals surface area (Å²) in [6, 6.07) is 17.7. The van der Waals surface area contributed by atoms with Gasteiger partial charge in [-0.25, -0.2) is 18.4 Å². The highest BCUT2D eigenvalue weighted by atomic mass is 32.2. The normalized spacial score (nSPS) is 15.2. The molecule has 0 spiro atoms. The zero-order valence-electron chi connectivity index (χ0n) is 19.4. The maximum absolute atomic E-state index is 13.0. The number of anilines is 2. The smallest absolute Gasteiger partial charge is 0.266 e. The molecule has 0 bridgehead atoms. The Hall–Kier alpha value is -3.76. The summed E-state index contributed by atoms with van der Waals surface area (Å²) in [5.74, 6) is 0.764. The molecule has 5 rings (SSSR count). The maximum Gasteiger partial charge on any atom is 0.266 e. The first-order chi connectivity index (χ1) is 17.0. The van der Waals surface area contributed by atoms with Crippen LogP contribution >= 0.6 is 0 Å². The lowest BCUT2D eigenvalue weighted by Crippen LogP contribution is -2.47. The number of benzene rings is 2. The molecule has 9 nitrogen and oxygen atoms in total. The lowest BCUT2D eigenvalue weighted by Gasteiger charge is -2.35. The van der Waals surface area contributed by atoms with E-state index in [-0.39, 0.29) is 10.7 Å². The third-order valence-electron chi connectivity index (χ3n) is 5.92. The number of hydrogen-bond donors (Lipinski definition) is 1. The quantitative estimate of drug-likeness (QED) is 0.426. The Morgan fingerprint density at radius 2 is 1.63 bits per heavy atom. The van der Waals surface area contributed by atoms with Crippen LogP contribution in [-0.2, 0) is 17.1 Å². The molecule has 180 valence electrons. The van der Waals surface area contributed by atoms with E-state index in [4.69, 9.17) is 4.98 Å². The van der Waals surface area contributed by atoms with Crippen LogP contribution in [0.5, 0.6) is 0 Å². The number of nitrogens with one attached hydrogen (secondary N) is 1. The summed E-state index contributed by atoms with van der Waals surface area (Å²) in [6.07, 6.45) is 7.08. The van der Waals surface area contributed by atoms with E-state index in [1.165, 1.54) is 22.6 Å². The van der Waals surface area contributed by atoms with Gasteiger partial charge in [-0.1, -0.05) is 54.6 Å². The summed E-state index contributed by atoms with van der Waals surface area (Å²) in [7, 11) is -2.18. The fourth-order valence-corrected chi connectivity index (χ4v) is 5.03. The van der Waals surface area contributed by atoms with Crippen molar-refractivity contribution in [2.45, 2.75) is 4.90 Å². The molecular formula is C25H27N7O2S. The molecule has 2 aromatic heterocycles. The molecule has 1 N–H and O–H groups in total. The fourth-order valence-electron chi connectivity index (χ4n) is 4.05. The van der Waals surface area contributed by atoms with Crippen LogP contribution in [-0.4, -0.2) is 65.8 Å². The van der Waals surface area contributed by atoms with Crippen molar-refractivity contribution in [2.24, 2.45) is 7.05 Å². The Morgan fingerprint density at radius 1 is 0.943 bits per heavy atom. The Morgan fingerprint density at radius 3 is 2.31 bits per heavy atom. The molecule has 2 aromatic carbocycles. The van der Waals surface area contributed by atoms with Gasteiger partial charge < -0.3 is 4.90 Å². The first-order valence-corrected chi connectivity index (χ1v) is 12.9. The third-order valence-corrected chi connectivity index (χ3v) is 7.21. The lowest BCUT2D eigenvalue weighted by molar-refractivity contribution is 0.284. The van der Waals surface area contributed by atoms with Gasteiger partial charge in [-0.05, 0) is 17.7 Å². The van der Waals surface area contributed by atoms with E-state index in [1.807, 2.05) is 42.5 Å². The molecule has 4 aromatic rings. The number of sulfonamides is 1. The van der Waals surface area contributed by atoms with Gasteiger partial charge in [0, 0.05) is 46.0 Å². The summed E-state index contributed by atoms with van der Waals surface area (Å²) < 4.78 is 30.1. The minimum Gasteiger partial charge on any atom is -0.351 e. The largest absolute Gasteiger partial charge is 0.351 e. The molecule has 0 aliphatic carbocycles. The van der Waals surface area contributed by atoms with Crippen molar-refractivity contribution in [1.29, 1.82) is 0 Å². The van der Waals surface area contributed by atoms with E-state index in [0.29, 0.717) is 24.4 Å². The van der Waals surface area contributed by atoms with E-state index < -0.39 is 10.0 Å². The van der Waals surface area contributed by atoms with Crippen LogP contribution in [0.1, 0.15) is 5.56 Å². The van der Waals surface area contributed by atoms with Crippen molar-refractivity contribution < 1.29 is 8.42 Å². The van der Waals surface area contributed by atoms with Gasteiger partial charge in [-0.3, -0.25) is 14.3 Å². The zero-order valence-corrected chi connectivity index (χ0v) is 20.3. The standard InChI is InChI=1S/C25H27N7O2S/c1-30-19-21(18-26-30)35(33,34)29-24-25(28-23-12-6-5-11-22(23)27-24)32-16-14-31(15-17-32)13-7-10-20-8-3-2-4-9-20/h2-12,18-19H,13-17H2,1H3,(H,27,29)/b10-7+. The Kier molecular flexibility index (Phi) is 6.47. The summed E-state index contributed by atoms with van der Waals surface area (Å²) in [6.45, 7) is 3.96. The van der Waals surface area contributed by atoms with Crippen LogP contribution < -0.4 is 9.62 Å². The Bertz CT molecular complexity index is 1440. The van der Waals surface area contributed by atoms with Gasteiger partial charge in [0.05, 0.1) is 17.2 Å². The molecular weight excluding hydrogens is 462 g/mol. The fraction of sp³-hybridized carbons (Fsp3) is 0.240. The predicted octanol–water partition coefficient (Wildman–Crippen LogP) is 3.00. The second-order valence-corrected chi connectivity index (χ2v) is 10.1. The SMILES string of the molecule is Cn1cc(S(=O)(=O)Nc2nc3ccccc3nc2N2CCN(C/C=C/c3ccccc3)CC2)cn1. The third kappa shape index (κ3) is 5.33. The molecule has 3 heterocycles. The molecule has 0 atom stereocenters. The number of rotatable bonds is 7. The van der Waals surface area contributed by atoms with Crippen molar-refractivity contribution in [3.05, 3.63) is 78.6 Å². The van der Waals surface area contributed by atoms with Gasteiger partial charge in [0.15, 0.2) is 11.6 Å². The van der Waals surface area contributed by atoms with Crippen LogP contribution in [0.2, 0.25) is 0 Å². The zero-order chi connectivity index (χ0) is 24.3. The number of nitrogens with zero attached hydrogens (tertiary/aromatic N) is 6. The van der Waals surface area contributed by atoms with Gasteiger partial charge in [0.2, 0.25) is 0 Å². The number of fused-ring (bicyclic) bond motifs is 1. The average molecular weight is 490 g/mol. The second kappa shape index (κ2) is 9.85. The summed E-state index contributed by atoms with van der Waals surface area (Å²) in [4.78, 5) is 14.0. The summed E-state index contributed by atoms with van der Waals surface area (Å²) >= 11 is 0. The minimum absolute atomic E-state index is 0.0796. The number of para-hydroxylation sites is 2. The molecule has 0 radical (unpaired) electrons. The van der Waals surface area contributed by atoms with Gasteiger partial charge in [-0.15, -0.1) is 0 Å². The van der Waals surface area contributed by atoms with Crippen molar-refractivity contribution in [2.75, 3.05) is 42.3 Å². The van der Waals surface area contributed by atoms with Crippen LogP contribution in [0.3, 0.4) is 0 Å². The van der Waals surface area contributed by atoms with Gasteiger partial charge in [0.1, 0.15) is 4.90 Å². The van der Waals surface area contributed by atoms with E-state index in [9.17, 15) is 8.42 Å². The Balaban J connectivity index is 1.34. The summed E-state index contributed by atoms with van der Waals surface area (Å²) in [5, 5.41) is 3.98. The van der Waals surface area contributed by atoms with Crippen molar-refractivity contribution in [1.82, 2.24) is 24.6 Å². The highest BCUT2D eigenvalue weighted by Gasteiger charge is 2.25. The first-order valence-electron chi connectivity index (χ1n) is 11.5. The predicted molar refractivity (Wildman–Crippen MR) is 138 cm³/mol. The van der Waals surface area contributed by atoms with Crippen LogP contribution in [0.15, 0.2) is 78.0 Å². The topological polar surface area (TPSA) is 96.2 Å². The molecule has 1 aliphatic heterocycles. The molecule has 10 heteroatoms. The molecule has 0 unspecified atom stereocenters. The molecule has 1 fully saturated rings. The summed E-state index contributed by atoms with van der Waals surface area (Å²) in [5.41, 5.74) is 2.54. The van der Waals surface area contributed by atoms with Gasteiger partial charge in [0.25, 0.3) is 10.0 Å². The monoisotopic (exact) mass is 489 g/mol. The van der Waals surface area contributed by atoms with Crippen molar-refractivity contribution in [3.63, 3.8) is 0 Å². The molecule has 0 saturated carbocycles. The van der Waals surface area contributed by atoms with Crippen LogP contribution in [0.25, 0.3) is 17.1 Å². The van der Waals surface area contributed by atoms with E-state index in [1.54, 1.807) is 7.05 Å². The average Bonchev–Trinajstić information content (AvgIpc) is 3.32. The van der Waals surface area contributed by atoms with Crippen molar-refractivity contribution >= 4 is 38.8 Å².